The summed E-state index contributed by atoms with van der Waals surface area (Å²) < 4.78 is 0. The number of anilines is 1. The van der Waals surface area contributed by atoms with Crippen LogP contribution in [0.2, 0.25) is 5.02 Å². The highest BCUT2D eigenvalue weighted by Gasteiger charge is 2.32. The van der Waals surface area contributed by atoms with Gasteiger partial charge in [-0.1, -0.05) is 35.4 Å². The highest BCUT2D eigenvalue weighted by molar-refractivity contribution is 6.30. The molecule has 0 bridgehead atoms. The first kappa shape index (κ1) is 20.7. The lowest BCUT2D eigenvalue weighted by molar-refractivity contribution is -0.137. The molecule has 0 radical (unpaired) electrons. The third kappa shape index (κ3) is 4.62. The Morgan fingerprint density at radius 2 is 1.53 bits per heavy atom. The SMILES string of the molecule is Cc1ccc(C(=O)N2CCC(C(=O)N3CCN(c4cccc(Cl)c4)CC3)CC2)cc1. The first-order chi connectivity index (χ1) is 14.5. The summed E-state index contributed by atoms with van der Waals surface area (Å²) in [6.07, 6.45) is 1.48. The molecule has 0 aromatic heterocycles. The summed E-state index contributed by atoms with van der Waals surface area (Å²) in [5.41, 5.74) is 2.98. The maximum absolute atomic E-state index is 13.0. The van der Waals surface area contributed by atoms with Gasteiger partial charge in [0.25, 0.3) is 5.91 Å². The van der Waals surface area contributed by atoms with Crippen molar-refractivity contribution >= 4 is 29.1 Å². The van der Waals surface area contributed by atoms with Gasteiger partial charge in [-0.05, 0) is 50.1 Å². The van der Waals surface area contributed by atoms with Crippen LogP contribution in [0, 0.1) is 12.8 Å². The van der Waals surface area contributed by atoms with E-state index in [0.717, 1.165) is 60.9 Å². The maximum Gasteiger partial charge on any atom is 0.253 e. The van der Waals surface area contributed by atoms with Crippen molar-refractivity contribution in [2.75, 3.05) is 44.2 Å². The number of likely N-dealkylation sites (tertiary alicyclic amines) is 1. The van der Waals surface area contributed by atoms with Crippen LogP contribution in [-0.2, 0) is 4.79 Å². The topological polar surface area (TPSA) is 43.9 Å². The zero-order chi connectivity index (χ0) is 21.1. The molecule has 2 aliphatic rings. The molecule has 2 aromatic rings. The molecule has 6 heteroatoms. The van der Waals surface area contributed by atoms with Crippen molar-refractivity contribution in [2.24, 2.45) is 5.92 Å². The van der Waals surface area contributed by atoms with Gasteiger partial charge in [-0.2, -0.15) is 0 Å². The van der Waals surface area contributed by atoms with E-state index in [0.29, 0.717) is 13.1 Å². The van der Waals surface area contributed by atoms with Gasteiger partial charge in [-0.3, -0.25) is 9.59 Å². The van der Waals surface area contributed by atoms with Gasteiger partial charge in [-0.25, -0.2) is 0 Å². The molecular formula is C24H28ClN3O2. The van der Waals surface area contributed by atoms with Gasteiger partial charge >= 0.3 is 0 Å². The van der Waals surface area contributed by atoms with Gasteiger partial charge in [0.05, 0.1) is 0 Å². The first-order valence-electron chi connectivity index (χ1n) is 10.7. The second-order valence-electron chi connectivity index (χ2n) is 8.22. The lowest BCUT2D eigenvalue weighted by atomic mass is 9.94. The molecule has 0 N–H and O–H groups in total. The van der Waals surface area contributed by atoms with Crippen LogP contribution in [0.1, 0.15) is 28.8 Å². The number of carbonyl (C=O) groups is 2. The van der Waals surface area contributed by atoms with E-state index in [-0.39, 0.29) is 17.7 Å². The average molecular weight is 426 g/mol. The first-order valence-corrected chi connectivity index (χ1v) is 11.0. The monoisotopic (exact) mass is 425 g/mol. The third-order valence-electron chi connectivity index (χ3n) is 6.19. The number of nitrogens with zero attached hydrogens (tertiary/aromatic N) is 3. The van der Waals surface area contributed by atoms with Crippen molar-refractivity contribution in [1.29, 1.82) is 0 Å². The second kappa shape index (κ2) is 9.09. The summed E-state index contributed by atoms with van der Waals surface area (Å²) in [5.74, 6) is 0.323. The van der Waals surface area contributed by atoms with E-state index in [1.807, 2.05) is 59.2 Å². The van der Waals surface area contributed by atoms with Crippen LogP contribution in [0.15, 0.2) is 48.5 Å². The van der Waals surface area contributed by atoms with Crippen LogP contribution < -0.4 is 4.90 Å². The van der Waals surface area contributed by atoms with Gasteiger partial charge in [0.1, 0.15) is 0 Å². The molecule has 5 nitrogen and oxygen atoms in total. The van der Waals surface area contributed by atoms with Crippen LogP contribution in [0.25, 0.3) is 0 Å². The predicted octanol–water partition coefficient (Wildman–Crippen LogP) is 3.85. The van der Waals surface area contributed by atoms with Crippen LogP contribution in [0.3, 0.4) is 0 Å². The lowest BCUT2D eigenvalue weighted by Crippen LogP contribution is -2.52. The molecule has 2 aromatic carbocycles. The molecule has 0 saturated carbocycles. The number of carbonyl (C=O) groups excluding carboxylic acids is 2. The number of piperazine rings is 1. The Kier molecular flexibility index (Phi) is 6.28. The number of rotatable bonds is 3. The van der Waals surface area contributed by atoms with Crippen molar-refractivity contribution in [3.63, 3.8) is 0 Å². The summed E-state index contributed by atoms with van der Waals surface area (Å²) in [5, 5.41) is 0.734. The molecule has 0 unspecified atom stereocenters. The van der Waals surface area contributed by atoms with Crippen molar-refractivity contribution in [3.8, 4) is 0 Å². The van der Waals surface area contributed by atoms with E-state index in [2.05, 4.69) is 11.0 Å². The summed E-state index contributed by atoms with van der Waals surface area (Å²) in [6.45, 7) is 6.40. The number of piperidine rings is 1. The Hall–Kier alpha value is -2.53. The number of halogens is 1. The molecule has 0 spiro atoms. The molecule has 0 aliphatic carbocycles. The van der Waals surface area contributed by atoms with Crippen LogP contribution >= 0.6 is 11.6 Å². The Bertz CT molecular complexity index is 899. The van der Waals surface area contributed by atoms with E-state index in [1.165, 1.54) is 0 Å². The fourth-order valence-electron chi connectivity index (χ4n) is 4.32. The van der Waals surface area contributed by atoms with Crippen molar-refractivity contribution < 1.29 is 9.59 Å². The van der Waals surface area contributed by atoms with Gasteiger partial charge < -0.3 is 14.7 Å². The van der Waals surface area contributed by atoms with Crippen LogP contribution in [0.5, 0.6) is 0 Å². The summed E-state index contributed by atoms with van der Waals surface area (Å²) >= 11 is 6.11. The second-order valence-corrected chi connectivity index (χ2v) is 8.66. The van der Waals surface area contributed by atoms with Crippen molar-refractivity contribution in [3.05, 3.63) is 64.7 Å². The molecule has 2 heterocycles. The molecule has 2 fully saturated rings. The smallest absolute Gasteiger partial charge is 0.253 e. The van der Waals surface area contributed by atoms with E-state index in [4.69, 9.17) is 11.6 Å². The molecule has 0 atom stereocenters. The normalized spacial score (nSPS) is 17.9. The summed E-state index contributed by atoms with van der Waals surface area (Å²) in [6, 6.07) is 15.6. The van der Waals surface area contributed by atoms with Crippen LogP contribution in [0.4, 0.5) is 5.69 Å². The molecule has 4 rings (SSSR count). The summed E-state index contributed by atoms with van der Waals surface area (Å²) in [4.78, 5) is 31.9. The third-order valence-corrected chi connectivity index (χ3v) is 6.43. The minimum absolute atomic E-state index is 0.0183. The molecule has 158 valence electrons. The van der Waals surface area contributed by atoms with Gasteiger partial charge in [0, 0.05) is 61.5 Å². The Labute approximate surface area is 183 Å². The average Bonchev–Trinajstić information content (AvgIpc) is 2.79. The molecule has 2 amide bonds. The predicted molar refractivity (Wildman–Crippen MR) is 120 cm³/mol. The quantitative estimate of drug-likeness (QED) is 0.750. The largest absolute Gasteiger partial charge is 0.368 e. The Morgan fingerprint density at radius 1 is 0.867 bits per heavy atom. The van der Waals surface area contributed by atoms with E-state index >= 15 is 0 Å². The highest BCUT2D eigenvalue weighted by atomic mass is 35.5. The fourth-order valence-corrected chi connectivity index (χ4v) is 4.51. The zero-order valence-electron chi connectivity index (χ0n) is 17.4. The number of hydrogen-bond donors (Lipinski definition) is 0. The molecule has 2 aliphatic heterocycles. The maximum atomic E-state index is 13.0. The van der Waals surface area contributed by atoms with Crippen molar-refractivity contribution in [1.82, 2.24) is 9.80 Å². The van der Waals surface area contributed by atoms with Gasteiger partial charge in [0.15, 0.2) is 0 Å². The van der Waals surface area contributed by atoms with Gasteiger partial charge in [-0.15, -0.1) is 0 Å². The minimum atomic E-state index is 0.0183. The van der Waals surface area contributed by atoms with E-state index in [1.54, 1.807) is 0 Å². The number of hydrogen-bond acceptors (Lipinski definition) is 3. The molecule has 30 heavy (non-hydrogen) atoms. The minimum Gasteiger partial charge on any atom is -0.368 e. The number of benzene rings is 2. The molecule has 2 saturated heterocycles. The molecular weight excluding hydrogens is 398 g/mol. The highest BCUT2D eigenvalue weighted by Crippen LogP contribution is 2.24. The zero-order valence-corrected chi connectivity index (χ0v) is 18.1. The van der Waals surface area contributed by atoms with E-state index in [9.17, 15) is 9.59 Å². The van der Waals surface area contributed by atoms with Gasteiger partial charge in [0.2, 0.25) is 5.91 Å². The Morgan fingerprint density at radius 3 is 2.17 bits per heavy atom. The Balaban J connectivity index is 1.27. The van der Waals surface area contributed by atoms with Crippen molar-refractivity contribution in [2.45, 2.75) is 19.8 Å². The van der Waals surface area contributed by atoms with Crippen LogP contribution in [-0.4, -0.2) is 60.9 Å². The number of amides is 2. The summed E-state index contributed by atoms with van der Waals surface area (Å²) in [7, 11) is 0. The fraction of sp³-hybridized carbons (Fsp3) is 0.417. The standard InChI is InChI=1S/C24H28ClN3O2/c1-18-5-7-19(8-6-18)23(29)27-11-9-20(10-12-27)24(30)28-15-13-26(14-16-28)22-4-2-3-21(25)17-22/h2-8,17,20H,9-16H2,1H3. The lowest BCUT2D eigenvalue weighted by Gasteiger charge is -2.39. The van der Waals surface area contributed by atoms with E-state index < -0.39 is 0 Å². The number of aryl methyl sites for hydroxylation is 1.